The Morgan fingerprint density at radius 1 is 1.02 bits per heavy atom. The predicted octanol–water partition coefficient (Wildman–Crippen LogP) is 7.14. The van der Waals surface area contributed by atoms with Crippen molar-refractivity contribution in [3.8, 4) is 0 Å². The van der Waals surface area contributed by atoms with Crippen molar-refractivity contribution in [2.75, 3.05) is 56.8 Å². The summed E-state index contributed by atoms with van der Waals surface area (Å²) in [5, 5.41) is 15.4. The number of benzene rings is 4. The fourth-order valence-corrected chi connectivity index (χ4v) is 8.73. The molecule has 1 aliphatic heterocycles. The second-order valence-corrected chi connectivity index (χ2v) is 16.3. The molecule has 1 amide bonds. The van der Waals surface area contributed by atoms with E-state index in [9.17, 15) is 23.3 Å². The second-order valence-electron chi connectivity index (χ2n) is 12.6. The molecule has 0 bridgehead atoms. The first-order chi connectivity index (χ1) is 24.4. The first kappa shape index (κ1) is 38.3. The standard InChI is InChI=1S/C37H42BrN5O6S2/c1-41(2)22-19-28(26-50-30-9-5-4-6-10-30)39-34-18-17-31(25-35(34)43(45)46)51(47,48)40-36(44)27-13-15-29(16-14-27)42-23-20-37(49-3,21-24-42)32-11-7-8-12-33(32)38/h4-18,25,28,39H,19-24,26H2,1-3H3,(H,40,44)/t28-/m1/s1. The van der Waals surface area contributed by atoms with Gasteiger partial charge in [-0.1, -0.05) is 52.3 Å². The van der Waals surface area contributed by atoms with Crippen LogP contribution >= 0.6 is 27.7 Å². The zero-order valence-corrected chi connectivity index (χ0v) is 32.0. The summed E-state index contributed by atoms with van der Waals surface area (Å²) < 4.78 is 35.7. The number of rotatable bonds is 15. The molecule has 0 spiro atoms. The number of hydrogen-bond donors (Lipinski definition) is 2. The van der Waals surface area contributed by atoms with E-state index in [4.69, 9.17) is 4.74 Å². The van der Waals surface area contributed by atoms with Crippen molar-refractivity contribution in [2.24, 2.45) is 0 Å². The van der Waals surface area contributed by atoms with Gasteiger partial charge in [0.1, 0.15) is 5.69 Å². The van der Waals surface area contributed by atoms with Crippen molar-refractivity contribution in [3.05, 3.63) is 123 Å². The molecule has 270 valence electrons. The first-order valence-electron chi connectivity index (χ1n) is 16.5. The quantitative estimate of drug-likeness (QED) is 0.0727. The fraction of sp³-hybridized carbons (Fsp3) is 0.324. The number of nitro benzene ring substituents is 1. The largest absolute Gasteiger partial charge is 0.376 e. The molecule has 1 heterocycles. The van der Waals surface area contributed by atoms with Gasteiger partial charge in [0.25, 0.3) is 21.6 Å². The summed E-state index contributed by atoms with van der Waals surface area (Å²) in [6.07, 6.45) is 2.23. The van der Waals surface area contributed by atoms with Crippen LogP contribution in [0.15, 0.2) is 111 Å². The number of amides is 1. The van der Waals surface area contributed by atoms with Gasteiger partial charge in [-0.2, -0.15) is 0 Å². The van der Waals surface area contributed by atoms with E-state index in [0.29, 0.717) is 12.2 Å². The van der Waals surface area contributed by atoms with Gasteiger partial charge in [0.15, 0.2) is 0 Å². The van der Waals surface area contributed by atoms with Crippen molar-refractivity contribution in [2.45, 2.75) is 40.7 Å². The van der Waals surface area contributed by atoms with Crippen molar-refractivity contribution in [1.82, 2.24) is 9.62 Å². The molecule has 51 heavy (non-hydrogen) atoms. The van der Waals surface area contributed by atoms with Crippen LogP contribution < -0.4 is 14.9 Å². The monoisotopic (exact) mass is 795 g/mol. The molecule has 1 saturated heterocycles. The number of nitrogens with one attached hydrogen (secondary N) is 2. The molecule has 1 aliphatic rings. The summed E-state index contributed by atoms with van der Waals surface area (Å²) in [6.45, 7) is 2.20. The Hall–Kier alpha value is -3.95. The Kier molecular flexibility index (Phi) is 12.8. The maximum atomic E-state index is 13.3. The van der Waals surface area contributed by atoms with Crippen LogP contribution in [0.5, 0.6) is 0 Å². The highest BCUT2D eigenvalue weighted by atomic mass is 79.9. The third-order valence-corrected chi connectivity index (χ3v) is 12.2. The average molecular weight is 797 g/mol. The summed E-state index contributed by atoms with van der Waals surface area (Å²) in [6, 6.07) is 28.1. The van der Waals surface area contributed by atoms with E-state index in [2.05, 4.69) is 36.9 Å². The minimum Gasteiger partial charge on any atom is -0.376 e. The number of anilines is 2. The van der Waals surface area contributed by atoms with Crippen LogP contribution in [0, 0.1) is 10.1 Å². The molecule has 14 heteroatoms. The molecule has 11 nitrogen and oxygen atoms in total. The average Bonchev–Trinajstić information content (AvgIpc) is 3.13. The summed E-state index contributed by atoms with van der Waals surface area (Å²) >= 11 is 5.29. The maximum Gasteiger partial charge on any atom is 0.293 e. The highest BCUT2D eigenvalue weighted by Gasteiger charge is 2.37. The van der Waals surface area contributed by atoms with Crippen LogP contribution in [-0.4, -0.2) is 76.8 Å². The Labute approximate surface area is 312 Å². The van der Waals surface area contributed by atoms with Gasteiger partial charge in [-0.05, 0) is 100 Å². The van der Waals surface area contributed by atoms with Crippen molar-refractivity contribution >= 4 is 60.7 Å². The summed E-state index contributed by atoms with van der Waals surface area (Å²) in [7, 11) is 1.22. The van der Waals surface area contributed by atoms with E-state index in [1.807, 2.05) is 67.5 Å². The lowest BCUT2D eigenvalue weighted by molar-refractivity contribution is -0.384. The summed E-state index contributed by atoms with van der Waals surface area (Å²) in [5.41, 5.74) is 1.55. The van der Waals surface area contributed by atoms with Gasteiger partial charge < -0.3 is 19.9 Å². The predicted molar refractivity (Wildman–Crippen MR) is 206 cm³/mol. The number of nitrogens with zero attached hydrogens (tertiary/aromatic N) is 3. The molecule has 0 aliphatic carbocycles. The Bertz CT molecular complexity index is 1920. The van der Waals surface area contributed by atoms with Crippen LogP contribution in [0.4, 0.5) is 17.1 Å². The van der Waals surface area contributed by atoms with Crippen LogP contribution in [0.25, 0.3) is 0 Å². The van der Waals surface area contributed by atoms with Crippen LogP contribution in [0.1, 0.15) is 35.2 Å². The topological polar surface area (TPSA) is 134 Å². The molecule has 0 aromatic heterocycles. The molecule has 2 N–H and O–H groups in total. The van der Waals surface area contributed by atoms with E-state index >= 15 is 0 Å². The van der Waals surface area contributed by atoms with E-state index in [1.54, 1.807) is 43.1 Å². The Morgan fingerprint density at radius 3 is 2.31 bits per heavy atom. The molecule has 1 atom stereocenters. The number of carbonyl (C=O) groups is 1. The van der Waals surface area contributed by atoms with E-state index in [-0.39, 0.29) is 22.2 Å². The van der Waals surface area contributed by atoms with Gasteiger partial charge >= 0.3 is 0 Å². The summed E-state index contributed by atoms with van der Waals surface area (Å²) in [5.74, 6) is -0.194. The van der Waals surface area contributed by atoms with Gasteiger partial charge in [0, 0.05) is 58.7 Å². The highest BCUT2D eigenvalue weighted by molar-refractivity contribution is 9.10. The number of carbonyl (C=O) groups excluding carboxylic acids is 1. The molecule has 0 radical (unpaired) electrons. The van der Waals surface area contributed by atoms with Gasteiger partial charge in [0.2, 0.25) is 0 Å². The third-order valence-electron chi connectivity index (χ3n) is 9.00. The fourth-order valence-electron chi connectivity index (χ4n) is 6.10. The van der Waals surface area contributed by atoms with Gasteiger partial charge in [0.05, 0.1) is 15.4 Å². The van der Waals surface area contributed by atoms with E-state index in [0.717, 1.165) is 59.2 Å². The maximum absolute atomic E-state index is 13.3. The molecule has 5 rings (SSSR count). The number of methoxy groups -OCH3 is 1. The van der Waals surface area contributed by atoms with E-state index in [1.165, 1.54) is 12.1 Å². The molecule has 0 saturated carbocycles. The summed E-state index contributed by atoms with van der Waals surface area (Å²) in [4.78, 5) is 29.5. The lowest BCUT2D eigenvalue weighted by atomic mass is 9.84. The SMILES string of the molecule is COC1(c2ccccc2Br)CCN(c2ccc(C(=O)NS(=O)(=O)c3ccc(N[C@H](CCN(C)C)CSc4ccccc4)c([N+](=O)[O-])c3)cc2)CC1. The van der Waals surface area contributed by atoms with Crippen LogP contribution in [0.2, 0.25) is 0 Å². The Morgan fingerprint density at radius 2 is 1.69 bits per heavy atom. The highest BCUT2D eigenvalue weighted by Crippen LogP contribution is 2.40. The van der Waals surface area contributed by atoms with Gasteiger partial charge in [-0.3, -0.25) is 14.9 Å². The number of nitro groups is 1. The number of hydrogen-bond acceptors (Lipinski definition) is 10. The number of ether oxygens (including phenoxy) is 1. The first-order valence-corrected chi connectivity index (χ1v) is 19.8. The van der Waals surface area contributed by atoms with Gasteiger partial charge in [-0.15, -0.1) is 11.8 Å². The molecular weight excluding hydrogens is 754 g/mol. The second kappa shape index (κ2) is 17.0. The third kappa shape index (κ3) is 9.69. The zero-order chi connectivity index (χ0) is 36.6. The lowest BCUT2D eigenvalue weighted by Crippen LogP contribution is -2.44. The van der Waals surface area contributed by atoms with Crippen LogP contribution in [-0.2, 0) is 20.4 Å². The minimum absolute atomic E-state index is 0.139. The molecule has 0 unspecified atom stereocenters. The number of piperidine rings is 1. The molecule has 1 fully saturated rings. The number of thioether (sulfide) groups is 1. The lowest BCUT2D eigenvalue weighted by Gasteiger charge is -2.42. The van der Waals surface area contributed by atoms with Crippen LogP contribution in [0.3, 0.4) is 0 Å². The zero-order valence-electron chi connectivity index (χ0n) is 28.8. The number of sulfonamides is 1. The molecular formula is C37H42BrN5O6S2. The molecule has 4 aromatic rings. The minimum atomic E-state index is -4.42. The Balaban J connectivity index is 1.24. The molecule has 4 aromatic carbocycles. The van der Waals surface area contributed by atoms with Gasteiger partial charge in [-0.25, -0.2) is 13.1 Å². The smallest absolute Gasteiger partial charge is 0.293 e. The van der Waals surface area contributed by atoms with Crippen molar-refractivity contribution in [1.29, 1.82) is 0 Å². The normalized spacial score (nSPS) is 15.0. The number of halogens is 1. The van der Waals surface area contributed by atoms with Crippen molar-refractivity contribution in [3.63, 3.8) is 0 Å². The van der Waals surface area contributed by atoms with Crippen molar-refractivity contribution < 1.29 is 22.9 Å². The van der Waals surface area contributed by atoms with E-state index < -0.39 is 32.1 Å².